The summed E-state index contributed by atoms with van der Waals surface area (Å²) in [4.78, 5) is 12.7. The molecule has 2 N–H and O–H groups in total. The van der Waals surface area contributed by atoms with Gasteiger partial charge in [0, 0.05) is 24.7 Å². The average molecular weight is 276 g/mol. The summed E-state index contributed by atoms with van der Waals surface area (Å²) < 4.78 is 5.53. The molecular weight excluding hydrogens is 256 g/mol. The van der Waals surface area contributed by atoms with Gasteiger partial charge in [-0.2, -0.15) is 10.1 Å². The fourth-order valence-corrected chi connectivity index (χ4v) is 1.71. The van der Waals surface area contributed by atoms with Crippen molar-refractivity contribution in [3.63, 3.8) is 0 Å². The fourth-order valence-electron chi connectivity index (χ4n) is 1.71. The van der Waals surface area contributed by atoms with Crippen LogP contribution < -0.4 is 10.1 Å². The number of aryl methyl sites for hydroxylation is 2. The molecule has 0 spiro atoms. The molecule has 7 nitrogen and oxygen atoms in total. The van der Waals surface area contributed by atoms with Gasteiger partial charge in [-0.05, 0) is 19.8 Å². The van der Waals surface area contributed by atoms with E-state index in [0.717, 1.165) is 37.3 Å². The van der Waals surface area contributed by atoms with Crippen LogP contribution in [0.4, 0.5) is 5.95 Å². The number of ether oxygens (including phenoxy) is 1. The molecule has 0 fully saturated rings. The van der Waals surface area contributed by atoms with Crippen molar-refractivity contribution >= 4 is 5.95 Å². The molecule has 2 aromatic rings. The van der Waals surface area contributed by atoms with Crippen molar-refractivity contribution in [1.82, 2.24) is 25.1 Å². The highest BCUT2D eigenvalue weighted by Crippen LogP contribution is 2.12. The quantitative estimate of drug-likeness (QED) is 0.714. The van der Waals surface area contributed by atoms with Gasteiger partial charge in [0.15, 0.2) is 0 Å². The molecule has 0 aliphatic carbocycles. The van der Waals surface area contributed by atoms with Gasteiger partial charge in [-0.25, -0.2) is 9.97 Å². The number of hydrogen-bond acceptors (Lipinski definition) is 6. The van der Waals surface area contributed by atoms with Crippen molar-refractivity contribution in [2.75, 3.05) is 18.5 Å². The van der Waals surface area contributed by atoms with Crippen LogP contribution in [0.25, 0.3) is 0 Å². The zero-order valence-electron chi connectivity index (χ0n) is 11.9. The van der Waals surface area contributed by atoms with Crippen molar-refractivity contribution in [3.05, 3.63) is 23.9 Å². The molecule has 0 aliphatic rings. The van der Waals surface area contributed by atoms with E-state index in [4.69, 9.17) is 4.74 Å². The predicted molar refractivity (Wildman–Crippen MR) is 75.7 cm³/mol. The van der Waals surface area contributed by atoms with Gasteiger partial charge in [0.05, 0.1) is 6.61 Å². The van der Waals surface area contributed by atoms with Gasteiger partial charge in [-0.1, -0.05) is 6.92 Å². The summed E-state index contributed by atoms with van der Waals surface area (Å²) in [5, 5.41) is 9.85. The van der Waals surface area contributed by atoms with E-state index in [1.54, 1.807) is 0 Å². The molecule has 0 radical (unpaired) electrons. The minimum absolute atomic E-state index is 0.605. The molecule has 0 atom stereocenters. The summed E-state index contributed by atoms with van der Waals surface area (Å²) in [5.74, 6) is 2.12. The molecule has 2 rings (SSSR count). The van der Waals surface area contributed by atoms with Crippen LogP contribution in [0.2, 0.25) is 0 Å². The van der Waals surface area contributed by atoms with Crippen LogP contribution in [0.5, 0.6) is 5.88 Å². The lowest BCUT2D eigenvalue weighted by Gasteiger charge is -2.08. The Hall–Kier alpha value is -2.18. The van der Waals surface area contributed by atoms with E-state index in [1.165, 1.54) is 6.33 Å². The third-order valence-electron chi connectivity index (χ3n) is 2.62. The molecule has 0 bridgehead atoms. The maximum Gasteiger partial charge on any atom is 0.226 e. The molecule has 0 saturated carbocycles. The molecule has 2 heterocycles. The Balaban J connectivity index is 1.80. The van der Waals surface area contributed by atoms with Crippen LogP contribution in [0.3, 0.4) is 0 Å². The lowest BCUT2D eigenvalue weighted by molar-refractivity contribution is 0.305. The number of nitrogens with zero attached hydrogens (tertiary/aromatic N) is 4. The lowest BCUT2D eigenvalue weighted by atomic mass is 10.3. The number of hydrogen-bond donors (Lipinski definition) is 2. The number of anilines is 1. The summed E-state index contributed by atoms with van der Waals surface area (Å²) in [6.45, 7) is 5.44. The Labute approximate surface area is 118 Å². The summed E-state index contributed by atoms with van der Waals surface area (Å²) in [5.41, 5.74) is 0.892. The monoisotopic (exact) mass is 276 g/mol. The molecule has 7 heteroatoms. The zero-order chi connectivity index (χ0) is 14.2. The number of H-pyrrole nitrogens is 1. The van der Waals surface area contributed by atoms with Crippen molar-refractivity contribution in [2.24, 2.45) is 0 Å². The van der Waals surface area contributed by atoms with Crippen molar-refractivity contribution in [3.8, 4) is 5.88 Å². The van der Waals surface area contributed by atoms with Crippen LogP contribution in [-0.2, 0) is 6.42 Å². The van der Waals surface area contributed by atoms with E-state index >= 15 is 0 Å². The van der Waals surface area contributed by atoms with Crippen LogP contribution in [0.1, 0.15) is 31.3 Å². The third-order valence-corrected chi connectivity index (χ3v) is 2.62. The van der Waals surface area contributed by atoms with E-state index in [2.05, 4.69) is 37.4 Å². The standard InChI is InChI=1S/C13H20N6O/c1-3-7-20-12-8-10(2)17-13(18-12)14-6-4-5-11-15-9-16-19-11/h8-9H,3-7H2,1-2H3,(H,14,17,18)(H,15,16,19). The first kappa shape index (κ1) is 14.2. The number of aromatic amines is 1. The highest BCUT2D eigenvalue weighted by Gasteiger charge is 2.03. The Kier molecular flexibility index (Phi) is 5.28. The van der Waals surface area contributed by atoms with Crippen molar-refractivity contribution < 1.29 is 4.74 Å². The van der Waals surface area contributed by atoms with Gasteiger partial charge in [-0.15, -0.1) is 0 Å². The maximum atomic E-state index is 5.53. The number of rotatable bonds is 8. The highest BCUT2D eigenvalue weighted by atomic mass is 16.5. The first-order valence-corrected chi connectivity index (χ1v) is 6.84. The molecular formula is C13H20N6O. The van der Waals surface area contributed by atoms with Crippen molar-refractivity contribution in [1.29, 1.82) is 0 Å². The minimum Gasteiger partial charge on any atom is -0.478 e. The van der Waals surface area contributed by atoms with Crippen LogP contribution >= 0.6 is 0 Å². The van der Waals surface area contributed by atoms with Crippen LogP contribution in [0.15, 0.2) is 12.4 Å². The molecule has 108 valence electrons. The summed E-state index contributed by atoms with van der Waals surface area (Å²) in [6.07, 6.45) is 4.25. The fraction of sp³-hybridized carbons (Fsp3) is 0.538. The Morgan fingerprint density at radius 2 is 2.25 bits per heavy atom. The maximum absolute atomic E-state index is 5.53. The van der Waals surface area contributed by atoms with E-state index in [1.807, 2.05) is 13.0 Å². The second kappa shape index (κ2) is 7.42. The molecule has 0 saturated heterocycles. The second-order valence-corrected chi connectivity index (χ2v) is 4.48. The number of aromatic nitrogens is 5. The van der Waals surface area contributed by atoms with E-state index < -0.39 is 0 Å². The molecule has 20 heavy (non-hydrogen) atoms. The molecule has 0 amide bonds. The zero-order valence-corrected chi connectivity index (χ0v) is 11.9. The Morgan fingerprint density at radius 1 is 1.35 bits per heavy atom. The molecule has 0 unspecified atom stereocenters. The Bertz CT molecular complexity index is 514. The smallest absolute Gasteiger partial charge is 0.226 e. The third kappa shape index (κ3) is 4.49. The van der Waals surface area contributed by atoms with Gasteiger partial charge >= 0.3 is 0 Å². The lowest BCUT2D eigenvalue weighted by Crippen LogP contribution is -2.09. The SMILES string of the molecule is CCCOc1cc(C)nc(NCCCc2ncn[nH]2)n1. The van der Waals surface area contributed by atoms with Crippen LogP contribution in [-0.4, -0.2) is 38.3 Å². The number of nitrogens with one attached hydrogen (secondary N) is 2. The first-order valence-electron chi connectivity index (χ1n) is 6.84. The summed E-state index contributed by atoms with van der Waals surface area (Å²) in [7, 11) is 0. The highest BCUT2D eigenvalue weighted by molar-refractivity contribution is 5.30. The normalized spacial score (nSPS) is 10.5. The van der Waals surface area contributed by atoms with Gasteiger partial charge in [0.25, 0.3) is 0 Å². The average Bonchev–Trinajstić information content (AvgIpc) is 2.94. The van der Waals surface area contributed by atoms with E-state index in [-0.39, 0.29) is 0 Å². The molecule has 0 aliphatic heterocycles. The Morgan fingerprint density at radius 3 is 3.00 bits per heavy atom. The largest absolute Gasteiger partial charge is 0.478 e. The predicted octanol–water partition coefficient (Wildman–Crippen LogP) is 1.74. The second-order valence-electron chi connectivity index (χ2n) is 4.48. The molecule has 0 aromatic carbocycles. The minimum atomic E-state index is 0.605. The van der Waals surface area contributed by atoms with Gasteiger partial charge in [-0.3, -0.25) is 5.10 Å². The first-order chi connectivity index (χ1) is 9.78. The van der Waals surface area contributed by atoms with Gasteiger partial charge in [0.2, 0.25) is 11.8 Å². The van der Waals surface area contributed by atoms with Crippen LogP contribution in [0, 0.1) is 6.92 Å². The molecule has 2 aromatic heterocycles. The summed E-state index contributed by atoms with van der Waals surface area (Å²) >= 11 is 0. The van der Waals surface area contributed by atoms with Gasteiger partial charge < -0.3 is 10.1 Å². The summed E-state index contributed by atoms with van der Waals surface area (Å²) in [6, 6.07) is 1.84. The van der Waals surface area contributed by atoms with Gasteiger partial charge in [0.1, 0.15) is 12.2 Å². The van der Waals surface area contributed by atoms with E-state index in [9.17, 15) is 0 Å². The van der Waals surface area contributed by atoms with Crippen molar-refractivity contribution in [2.45, 2.75) is 33.1 Å². The topological polar surface area (TPSA) is 88.6 Å². The van der Waals surface area contributed by atoms with E-state index in [0.29, 0.717) is 18.4 Å².